The van der Waals surface area contributed by atoms with Gasteiger partial charge in [-0.15, -0.1) is 0 Å². The lowest BCUT2D eigenvalue weighted by molar-refractivity contribution is 0.265. The third kappa shape index (κ3) is 5.60. The summed E-state index contributed by atoms with van der Waals surface area (Å²) in [6.45, 7) is 3.28. The Hall–Kier alpha value is -1.78. The van der Waals surface area contributed by atoms with Crippen LogP contribution in [0.5, 0.6) is 11.5 Å². The number of nitrogens with one attached hydrogen (secondary N) is 1. The summed E-state index contributed by atoms with van der Waals surface area (Å²) in [5.74, 6) is 0.889. The molecule has 1 N–H and O–H groups in total. The van der Waals surface area contributed by atoms with Gasteiger partial charge in [0.25, 0.3) is 0 Å². The number of ether oxygens (including phenoxy) is 2. The van der Waals surface area contributed by atoms with Gasteiger partial charge < -0.3 is 14.8 Å². The maximum Gasteiger partial charge on any atom is 0.163 e. The van der Waals surface area contributed by atoms with Crippen LogP contribution in [0.25, 0.3) is 0 Å². The standard InChI is InChI=1S/C22H27ClFNO2/c1-2-26-21-12-17(14-25-18-9-4-3-5-10-18)19(23)13-22(21)27-15-16-8-6-7-11-20(16)24/h6-8,11-13,18,25H,2-5,9-10,14-15H2,1H3. The fourth-order valence-electron chi connectivity index (χ4n) is 3.43. The highest BCUT2D eigenvalue weighted by molar-refractivity contribution is 6.31. The van der Waals surface area contributed by atoms with Crippen LogP contribution in [-0.4, -0.2) is 12.6 Å². The van der Waals surface area contributed by atoms with Gasteiger partial charge in [0.05, 0.1) is 6.61 Å². The van der Waals surface area contributed by atoms with E-state index >= 15 is 0 Å². The van der Waals surface area contributed by atoms with Crippen LogP contribution in [-0.2, 0) is 13.2 Å². The van der Waals surface area contributed by atoms with Crippen LogP contribution in [0, 0.1) is 5.82 Å². The summed E-state index contributed by atoms with van der Waals surface area (Å²) in [5, 5.41) is 4.23. The van der Waals surface area contributed by atoms with E-state index in [0.29, 0.717) is 41.3 Å². The smallest absolute Gasteiger partial charge is 0.163 e. The lowest BCUT2D eigenvalue weighted by atomic mass is 9.95. The second-order valence-corrected chi connectivity index (χ2v) is 7.33. The number of hydrogen-bond donors (Lipinski definition) is 1. The van der Waals surface area contributed by atoms with E-state index in [2.05, 4.69) is 5.32 Å². The van der Waals surface area contributed by atoms with E-state index in [0.717, 1.165) is 5.56 Å². The molecule has 0 aromatic heterocycles. The second kappa shape index (κ2) is 9.95. The molecule has 1 aliphatic rings. The number of hydrogen-bond acceptors (Lipinski definition) is 3. The van der Waals surface area contributed by atoms with Crippen LogP contribution in [0.3, 0.4) is 0 Å². The van der Waals surface area contributed by atoms with Gasteiger partial charge in [-0.1, -0.05) is 49.1 Å². The van der Waals surface area contributed by atoms with E-state index in [1.54, 1.807) is 24.3 Å². The molecule has 3 rings (SSSR count). The maximum atomic E-state index is 13.8. The molecule has 3 nitrogen and oxygen atoms in total. The Morgan fingerprint density at radius 1 is 1.04 bits per heavy atom. The molecule has 0 heterocycles. The molecule has 1 fully saturated rings. The monoisotopic (exact) mass is 391 g/mol. The van der Waals surface area contributed by atoms with Gasteiger partial charge in [-0.25, -0.2) is 4.39 Å². The van der Waals surface area contributed by atoms with Crippen LogP contribution in [0.15, 0.2) is 36.4 Å². The molecule has 27 heavy (non-hydrogen) atoms. The van der Waals surface area contributed by atoms with Crippen molar-refractivity contribution in [2.45, 2.75) is 58.2 Å². The van der Waals surface area contributed by atoms with Crippen molar-refractivity contribution in [3.63, 3.8) is 0 Å². The quantitative estimate of drug-likeness (QED) is 0.609. The predicted molar refractivity (Wildman–Crippen MR) is 107 cm³/mol. The molecule has 0 atom stereocenters. The van der Waals surface area contributed by atoms with Crippen LogP contribution in [0.2, 0.25) is 5.02 Å². The van der Waals surface area contributed by atoms with E-state index in [9.17, 15) is 4.39 Å². The number of rotatable bonds is 8. The summed E-state index contributed by atoms with van der Waals surface area (Å²) in [6, 6.07) is 10.8. The van der Waals surface area contributed by atoms with E-state index in [-0.39, 0.29) is 12.4 Å². The SMILES string of the molecule is CCOc1cc(CNC2CCCCC2)c(Cl)cc1OCc1ccccc1F. The Morgan fingerprint density at radius 3 is 2.52 bits per heavy atom. The molecule has 0 spiro atoms. The highest BCUT2D eigenvalue weighted by Gasteiger charge is 2.16. The fraction of sp³-hybridized carbons (Fsp3) is 0.455. The minimum atomic E-state index is -0.283. The van der Waals surface area contributed by atoms with Crippen molar-refractivity contribution in [2.24, 2.45) is 0 Å². The van der Waals surface area contributed by atoms with Crippen LogP contribution in [0.4, 0.5) is 4.39 Å². The third-order valence-corrected chi connectivity index (χ3v) is 5.29. The first kappa shape index (κ1) is 20.0. The van der Waals surface area contributed by atoms with Gasteiger partial charge >= 0.3 is 0 Å². The number of benzene rings is 2. The van der Waals surface area contributed by atoms with Gasteiger partial charge in [0.15, 0.2) is 11.5 Å². The van der Waals surface area contributed by atoms with E-state index < -0.39 is 0 Å². The molecule has 5 heteroatoms. The first-order valence-electron chi connectivity index (χ1n) is 9.72. The van der Waals surface area contributed by atoms with Crippen molar-refractivity contribution < 1.29 is 13.9 Å². The Bertz CT molecular complexity index is 747. The Balaban J connectivity index is 1.70. The summed E-state index contributed by atoms with van der Waals surface area (Å²) < 4.78 is 25.4. The highest BCUT2D eigenvalue weighted by atomic mass is 35.5. The van der Waals surface area contributed by atoms with E-state index in [1.807, 2.05) is 13.0 Å². The zero-order chi connectivity index (χ0) is 19.1. The molecule has 0 bridgehead atoms. The molecule has 2 aromatic rings. The molecular weight excluding hydrogens is 365 g/mol. The minimum absolute atomic E-state index is 0.128. The third-order valence-electron chi connectivity index (χ3n) is 4.94. The van der Waals surface area contributed by atoms with Gasteiger partial charge in [-0.05, 0) is 37.5 Å². The molecule has 0 saturated heterocycles. The molecule has 0 amide bonds. The van der Waals surface area contributed by atoms with Crippen molar-refractivity contribution in [2.75, 3.05) is 6.61 Å². The highest BCUT2D eigenvalue weighted by Crippen LogP contribution is 2.34. The predicted octanol–water partition coefficient (Wildman–Crippen LogP) is 5.88. The van der Waals surface area contributed by atoms with Crippen molar-refractivity contribution in [1.82, 2.24) is 5.32 Å². The summed E-state index contributed by atoms with van der Waals surface area (Å²) >= 11 is 6.48. The molecular formula is C22H27ClFNO2. The Kier molecular flexibility index (Phi) is 7.36. The molecule has 0 aliphatic heterocycles. The summed E-state index contributed by atoms with van der Waals surface area (Å²) in [5.41, 5.74) is 1.49. The average molecular weight is 392 g/mol. The summed E-state index contributed by atoms with van der Waals surface area (Å²) in [6.07, 6.45) is 6.36. The Labute approximate surface area is 165 Å². The molecule has 1 saturated carbocycles. The number of halogens is 2. The lowest BCUT2D eigenvalue weighted by Crippen LogP contribution is -2.30. The Morgan fingerprint density at radius 2 is 1.78 bits per heavy atom. The average Bonchev–Trinajstić information content (AvgIpc) is 2.69. The first-order valence-corrected chi connectivity index (χ1v) is 10.1. The maximum absolute atomic E-state index is 13.8. The van der Waals surface area contributed by atoms with Crippen molar-refractivity contribution >= 4 is 11.6 Å². The summed E-state index contributed by atoms with van der Waals surface area (Å²) in [7, 11) is 0. The van der Waals surface area contributed by atoms with Gasteiger partial charge in [-0.3, -0.25) is 0 Å². The van der Waals surface area contributed by atoms with Gasteiger partial charge in [0.2, 0.25) is 0 Å². The zero-order valence-electron chi connectivity index (χ0n) is 15.8. The van der Waals surface area contributed by atoms with Crippen LogP contribution in [0.1, 0.15) is 50.2 Å². The zero-order valence-corrected chi connectivity index (χ0v) is 16.5. The summed E-state index contributed by atoms with van der Waals surface area (Å²) in [4.78, 5) is 0. The molecule has 0 radical (unpaired) electrons. The molecule has 2 aromatic carbocycles. The lowest BCUT2D eigenvalue weighted by Gasteiger charge is -2.23. The van der Waals surface area contributed by atoms with Crippen LogP contribution < -0.4 is 14.8 Å². The van der Waals surface area contributed by atoms with Crippen molar-refractivity contribution in [3.05, 3.63) is 58.4 Å². The topological polar surface area (TPSA) is 30.5 Å². The fourth-order valence-corrected chi connectivity index (χ4v) is 3.65. The normalized spacial score (nSPS) is 14.9. The minimum Gasteiger partial charge on any atom is -0.490 e. The molecule has 1 aliphatic carbocycles. The van der Waals surface area contributed by atoms with Gasteiger partial charge in [0.1, 0.15) is 12.4 Å². The van der Waals surface area contributed by atoms with E-state index in [4.69, 9.17) is 21.1 Å². The van der Waals surface area contributed by atoms with Gasteiger partial charge in [-0.2, -0.15) is 0 Å². The van der Waals surface area contributed by atoms with Crippen molar-refractivity contribution in [3.8, 4) is 11.5 Å². The molecule has 0 unspecified atom stereocenters. The van der Waals surface area contributed by atoms with E-state index in [1.165, 1.54) is 38.2 Å². The first-order chi connectivity index (χ1) is 13.2. The molecule has 146 valence electrons. The van der Waals surface area contributed by atoms with Gasteiger partial charge in [0, 0.05) is 29.2 Å². The van der Waals surface area contributed by atoms with Crippen molar-refractivity contribution in [1.29, 1.82) is 0 Å². The largest absolute Gasteiger partial charge is 0.490 e. The van der Waals surface area contributed by atoms with Crippen LogP contribution >= 0.6 is 11.6 Å². The second-order valence-electron chi connectivity index (χ2n) is 6.92.